The van der Waals surface area contributed by atoms with Gasteiger partial charge < -0.3 is 15.4 Å². The number of amides is 1. The molecule has 162 valence electrons. The monoisotopic (exact) mass is 424 g/mol. The van der Waals surface area contributed by atoms with Crippen molar-refractivity contribution in [2.75, 3.05) is 13.2 Å². The van der Waals surface area contributed by atoms with Crippen molar-refractivity contribution in [3.63, 3.8) is 0 Å². The van der Waals surface area contributed by atoms with Crippen LogP contribution in [0.3, 0.4) is 0 Å². The van der Waals surface area contributed by atoms with E-state index in [4.69, 9.17) is 4.74 Å². The highest BCUT2D eigenvalue weighted by Crippen LogP contribution is 2.38. The number of hydrogen-bond acceptors (Lipinski definition) is 3. The van der Waals surface area contributed by atoms with E-state index in [-0.39, 0.29) is 29.7 Å². The molecule has 2 aliphatic rings. The number of carbonyl (C=O) groups is 1. The predicted molar refractivity (Wildman–Crippen MR) is 91.9 cm³/mol. The summed E-state index contributed by atoms with van der Waals surface area (Å²) in [6.07, 6.45) is -8.94. The Balaban J connectivity index is 1.69. The molecule has 10 heteroatoms. The molecular formula is C19H22F6N2O2. The first kappa shape index (κ1) is 21.9. The molecule has 1 aromatic rings. The zero-order valence-corrected chi connectivity index (χ0v) is 15.9. The molecule has 3 rings (SSSR count). The molecule has 2 N–H and O–H groups in total. The highest BCUT2D eigenvalue weighted by atomic mass is 19.4. The minimum atomic E-state index is -4.89. The maximum Gasteiger partial charge on any atom is 0.416 e. The molecule has 1 aromatic carbocycles. The van der Waals surface area contributed by atoms with E-state index in [1.807, 2.05) is 6.92 Å². The minimum absolute atomic E-state index is 0.00899. The highest BCUT2D eigenvalue weighted by molar-refractivity contribution is 5.84. The van der Waals surface area contributed by atoms with Gasteiger partial charge in [-0.25, -0.2) is 0 Å². The van der Waals surface area contributed by atoms with Crippen LogP contribution in [0.15, 0.2) is 18.2 Å². The molecule has 3 atom stereocenters. The molecule has 0 bridgehead atoms. The first-order valence-electron chi connectivity index (χ1n) is 9.19. The lowest BCUT2D eigenvalue weighted by molar-refractivity contribution is -0.143. The van der Waals surface area contributed by atoms with Gasteiger partial charge >= 0.3 is 12.4 Å². The lowest BCUT2D eigenvalue weighted by atomic mass is 9.75. The van der Waals surface area contributed by atoms with E-state index in [9.17, 15) is 31.1 Å². The number of piperidine rings is 1. The van der Waals surface area contributed by atoms with Crippen LogP contribution in [0.1, 0.15) is 55.9 Å². The molecule has 0 aromatic heterocycles. The van der Waals surface area contributed by atoms with Crippen LogP contribution in [0.5, 0.6) is 0 Å². The number of hydrogen-bond donors (Lipinski definition) is 2. The van der Waals surface area contributed by atoms with Crippen molar-refractivity contribution in [3.8, 4) is 0 Å². The van der Waals surface area contributed by atoms with Crippen LogP contribution in [-0.2, 0) is 21.9 Å². The first-order valence-corrected chi connectivity index (χ1v) is 9.19. The maximum absolute atomic E-state index is 13.0. The quantitative estimate of drug-likeness (QED) is 0.563. The molecule has 0 aliphatic carbocycles. The summed E-state index contributed by atoms with van der Waals surface area (Å²) in [5.74, 6) is -0.00899. The van der Waals surface area contributed by atoms with Gasteiger partial charge in [0.2, 0.25) is 5.91 Å². The predicted octanol–water partition coefficient (Wildman–Crippen LogP) is 4.20. The van der Waals surface area contributed by atoms with E-state index in [0.29, 0.717) is 31.5 Å². The molecule has 0 saturated carbocycles. The summed E-state index contributed by atoms with van der Waals surface area (Å²) in [7, 11) is 0. The van der Waals surface area contributed by atoms with E-state index in [0.717, 1.165) is 6.42 Å². The summed E-state index contributed by atoms with van der Waals surface area (Å²) < 4.78 is 83.8. The van der Waals surface area contributed by atoms with Crippen molar-refractivity contribution in [1.29, 1.82) is 0 Å². The standard InChI is InChI=1S/C19H22F6N2O2/c1-11(12-5-13(18(20,21)22)7-14(6-12)19(23,24)25)29-10-16(2)3-4-17(9-26-16)8-15(28)27-17/h5-7,11,26H,3-4,8-10H2,1-2H3,(H,27,28). The van der Waals surface area contributed by atoms with Gasteiger partial charge in [0.25, 0.3) is 0 Å². The Bertz CT molecular complexity index is 740. The normalized spacial score (nSPS) is 28.8. The topological polar surface area (TPSA) is 50.4 Å². The number of ether oxygens (including phenoxy) is 1. The lowest BCUT2D eigenvalue weighted by Crippen LogP contribution is -2.71. The third-order valence-corrected chi connectivity index (χ3v) is 5.64. The fraction of sp³-hybridized carbons (Fsp3) is 0.632. The summed E-state index contributed by atoms with van der Waals surface area (Å²) in [5, 5.41) is 6.16. The number of benzene rings is 1. The Morgan fingerprint density at radius 2 is 1.62 bits per heavy atom. The molecule has 1 spiro atoms. The second kappa shape index (κ2) is 7.16. The number of rotatable bonds is 4. The number of alkyl halides is 6. The molecule has 2 saturated heterocycles. The summed E-state index contributed by atoms with van der Waals surface area (Å²) in [6.45, 7) is 3.94. The molecule has 29 heavy (non-hydrogen) atoms. The third-order valence-electron chi connectivity index (χ3n) is 5.64. The summed E-state index contributed by atoms with van der Waals surface area (Å²) >= 11 is 0. The van der Waals surface area contributed by atoms with Gasteiger partial charge in [0.05, 0.1) is 35.8 Å². The van der Waals surface area contributed by atoms with Crippen molar-refractivity contribution in [3.05, 3.63) is 34.9 Å². The van der Waals surface area contributed by atoms with Crippen LogP contribution in [0.4, 0.5) is 26.3 Å². The molecular weight excluding hydrogens is 402 g/mol. The lowest BCUT2D eigenvalue weighted by Gasteiger charge is -2.50. The van der Waals surface area contributed by atoms with Crippen molar-refractivity contribution in [1.82, 2.24) is 10.6 Å². The Hall–Kier alpha value is -1.81. The summed E-state index contributed by atoms with van der Waals surface area (Å²) in [4.78, 5) is 11.2. The van der Waals surface area contributed by atoms with E-state index < -0.39 is 35.1 Å². The van der Waals surface area contributed by atoms with Crippen molar-refractivity contribution in [2.45, 2.75) is 62.6 Å². The van der Waals surface area contributed by atoms with Crippen LogP contribution >= 0.6 is 0 Å². The fourth-order valence-corrected chi connectivity index (χ4v) is 3.66. The summed E-state index contributed by atoms with van der Waals surface area (Å²) in [6, 6.07) is 1.48. The highest BCUT2D eigenvalue weighted by Gasteiger charge is 2.48. The van der Waals surface area contributed by atoms with Gasteiger partial charge in [0, 0.05) is 12.1 Å². The van der Waals surface area contributed by atoms with E-state index in [1.165, 1.54) is 6.92 Å². The summed E-state index contributed by atoms with van der Waals surface area (Å²) in [5.41, 5.74) is -3.65. The molecule has 0 radical (unpaired) electrons. The second-order valence-corrected chi connectivity index (χ2v) is 8.21. The number of halogens is 6. The van der Waals surface area contributed by atoms with Gasteiger partial charge in [-0.3, -0.25) is 4.79 Å². The van der Waals surface area contributed by atoms with Crippen LogP contribution in [0.25, 0.3) is 0 Å². The molecule has 2 heterocycles. The van der Waals surface area contributed by atoms with Crippen molar-refractivity contribution >= 4 is 5.91 Å². The van der Waals surface area contributed by atoms with Crippen LogP contribution in [-0.4, -0.2) is 30.1 Å². The molecule has 2 fully saturated rings. The molecule has 4 nitrogen and oxygen atoms in total. The Kier molecular flexibility index (Phi) is 5.40. The first-order chi connectivity index (χ1) is 13.2. The van der Waals surface area contributed by atoms with Crippen LogP contribution in [0, 0.1) is 0 Å². The van der Waals surface area contributed by atoms with Crippen LogP contribution in [0.2, 0.25) is 0 Å². The van der Waals surface area contributed by atoms with E-state index in [1.54, 1.807) is 0 Å². The second-order valence-electron chi connectivity index (χ2n) is 8.21. The Morgan fingerprint density at radius 1 is 1.07 bits per heavy atom. The minimum Gasteiger partial charge on any atom is -0.372 e. The van der Waals surface area contributed by atoms with E-state index >= 15 is 0 Å². The Morgan fingerprint density at radius 3 is 2.03 bits per heavy atom. The van der Waals surface area contributed by atoms with E-state index in [2.05, 4.69) is 10.6 Å². The average Bonchev–Trinajstić information content (AvgIpc) is 2.59. The smallest absolute Gasteiger partial charge is 0.372 e. The zero-order valence-electron chi connectivity index (χ0n) is 15.9. The average molecular weight is 424 g/mol. The van der Waals surface area contributed by atoms with Gasteiger partial charge in [-0.05, 0) is 50.5 Å². The number of nitrogens with one attached hydrogen (secondary N) is 2. The SMILES string of the molecule is CC(OCC1(C)CCC2(CN1)CC(=O)N2)c1cc(C(F)(F)F)cc(C(F)(F)F)c1. The number of carbonyl (C=O) groups excluding carboxylic acids is 1. The third kappa shape index (κ3) is 4.85. The molecule has 2 aliphatic heterocycles. The van der Waals surface area contributed by atoms with Crippen LogP contribution < -0.4 is 10.6 Å². The van der Waals surface area contributed by atoms with Gasteiger partial charge in [-0.15, -0.1) is 0 Å². The Labute approximate surface area is 164 Å². The van der Waals surface area contributed by atoms with Gasteiger partial charge in [0.1, 0.15) is 0 Å². The maximum atomic E-state index is 13.0. The zero-order chi connectivity index (χ0) is 21.7. The molecule has 3 unspecified atom stereocenters. The largest absolute Gasteiger partial charge is 0.416 e. The molecule has 1 amide bonds. The van der Waals surface area contributed by atoms with Crippen molar-refractivity contribution in [2.24, 2.45) is 0 Å². The fourth-order valence-electron chi connectivity index (χ4n) is 3.66. The number of β-lactam (4-membered cyclic amide) rings is 1. The van der Waals surface area contributed by atoms with Gasteiger partial charge in [0.15, 0.2) is 0 Å². The van der Waals surface area contributed by atoms with Gasteiger partial charge in [-0.1, -0.05) is 0 Å². The van der Waals surface area contributed by atoms with Gasteiger partial charge in [-0.2, -0.15) is 26.3 Å². The van der Waals surface area contributed by atoms with Crippen molar-refractivity contribution < 1.29 is 35.9 Å².